The summed E-state index contributed by atoms with van der Waals surface area (Å²) >= 11 is 0. The fraction of sp³-hybridized carbons (Fsp3) is 0. The predicted molar refractivity (Wildman–Crippen MR) is 67.9 cm³/mol. The molecule has 3 N–H and O–H groups in total. The summed E-state index contributed by atoms with van der Waals surface area (Å²) in [6.07, 6.45) is 0. The van der Waals surface area contributed by atoms with E-state index in [2.05, 4.69) is 0 Å². The van der Waals surface area contributed by atoms with Crippen molar-refractivity contribution < 1.29 is 26.0 Å². The Morgan fingerprint density at radius 3 is 2.14 bits per heavy atom. The summed E-state index contributed by atoms with van der Waals surface area (Å²) in [7, 11) is -4.33. The summed E-state index contributed by atoms with van der Waals surface area (Å²) in [5, 5.41) is 0. The number of halogens is 4. The van der Waals surface area contributed by atoms with E-state index in [1.54, 1.807) is 4.72 Å². The SMILES string of the molecule is Nc1cc(S(=O)(=O)Nc2ccc(F)c(F)c2F)ccc1F. The molecule has 0 aliphatic heterocycles. The van der Waals surface area contributed by atoms with Gasteiger partial charge in [0.25, 0.3) is 10.0 Å². The molecule has 2 rings (SSSR count). The van der Waals surface area contributed by atoms with Crippen LogP contribution in [0.1, 0.15) is 0 Å². The molecular weight excluding hydrogens is 312 g/mol. The number of benzene rings is 2. The minimum Gasteiger partial charge on any atom is -0.396 e. The third kappa shape index (κ3) is 2.92. The van der Waals surface area contributed by atoms with Crippen LogP contribution in [-0.2, 0) is 10.0 Å². The van der Waals surface area contributed by atoms with Gasteiger partial charge in [0.2, 0.25) is 0 Å². The molecule has 112 valence electrons. The molecule has 9 heteroatoms. The lowest BCUT2D eigenvalue weighted by molar-refractivity contribution is 0.449. The van der Waals surface area contributed by atoms with Gasteiger partial charge < -0.3 is 5.73 Å². The number of hydrogen-bond acceptors (Lipinski definition) is 3. The zero-order valence-corrected chi connectivity index (χ0v) is 11.0. The van der Waals surface area contributed by atoms with Crippen molar-refractivity contribution in [3.63, 3.8) is 0 Å². The molecule has 0 fully saturated rings. The summed E-state index contributed by atoms with van der Waals surface area (Å²) in [5.74, 6) is -5.78. The highest BCUT2D eigenvalue weighted by Crippen LogP contribution is 2.24. The molecule has 0 aromatic heterocycles. The average molecular weight is 320 g/mol. The van der Waals surface area contributed by atoms with E-state index in [1.807, 2.05) is 0 Å². The molecule has 0 aliphatic rings. The van der Waals surface area contributed by atoms with Crippen molar-refractivity contribution in [2.24, 2.45) is 0 Å². The Bertz CT molecular complexity index is 809. The van der Waals surface area contributed by atoms with Gasteiger partial charge in [0.1, 0.15) is 5.82 Å². The molecule has 0 bridgehead atoms. The number of nitrogen functional groups attached to an aromatic ring is 1. The van der Waals surface area contributed by atoms with Crippen LogP contribution < -0.4 is 10.5 Å². The highest BCUT2D eigenvalue weighted by molar-refractivity contribution is 7.92. The van der Waals surface area contributed by atoms with E-state index >= 15 is 0 Å². The molecule has 0 saturated heterocycles. The Morgan fingerprint density at radius 2 is 1.52 bits per heavy atom. The summed E-state index contributed by atoms with van der Waals surface area (Å²) in [6, 6.07) is 3.81. The molecule has 21 heavy (non-hydrogen) atoms. The van der Waals surface area contributed by atoms with E-state index < -0.39 is 49.6 Å². The van der Waals surface area contributed by atoms with Crippen molar-refractivity contribution in [2.75, 3.05) is 10.5 Å². The molecule has 4 nitrogen and oxygen atoms in total. The molecule has 0 amide bonds. The van der Waals surface area contributed by atoms with Gasteiger partial charge in [-0.3, -0.25) is 4.72 Å². The van der Waals surface area contributed by atoms with Crippen LogP contribution in [0.5, 0.6) is 0 Å². The molecule has 0 heterocycles. The maximum absolute atomic E-state index is 13.4. The number of sulfonamides is 1. The van der Waals surface area contributed by atoms with Crippen LogP contribution >= 0.6 is 0 Å². The van der Waals surface area contributed by atoms with E-state index in [1.165, 1.54) is 0 Å². The fourth-order valence-electron chi connectivity index (χ4n) is 1.50. The smallest absolute Gasteiger partial charge is 0.262 e. The molecule has 0 unspecified atom stereocenters. The number of anilines is 2. The maximum Gasteiger partial charge on any atom is 0.262 e. The van der Waals surface area contributed by atoms with Crippen LogP contribution in [0.2, 0.25) is 0 Å². The third-order valence-corrected chi connectivity index (χ3v) is 3.92. The molecule has 2 aromatic carbocycles. The number of nitrogens with one attached hydrogen (secondary N) is 1. The summed E-state index contributed by atoms with van der Waals surface area (Å²) in [6.45, 7) is 0. The van der Waals surface area contributed by atoms with E-state index in [-0.39, 0.29) is 0 Å². The van der Waals surface area contributed by atoms with Crippen LogP contribution in [0.15, 0.2) is 35.2 Å². The van der Waals surface area contributed by atoms with Crippen LogP contribution in [-0.4, -0.2) is 8.42 Å². The topological polar surface area (TPSA) is 72.2 Å². The van der Waals surface area contributed by atoms with Gasteiger partial charge in [-0.15, -0.1) is 0 Å². The summed E-state index contributed by atoms with van der Waals surface area (Å²) in [5.41, 5.74) is 4.03. The molecule has 2 aromatic rings. The Labute approximate surface area is 117 Å². The van der Waals surface area contributed by atoms with Gasteiger partial charge in [-0.1, -0.05) is 0 Å². The maximum atomic E-state index is 13.4. The first-order chi connectivity index (χ1) is 9.72. The first-order valence-electron chi connectivity index (χ1n) is 5.43. The molecule has 0 saturated carbocycles. The van der Waals surface area contributed by atoms with Crippen LogP contribution in [0, 0.1) is 23.3 Å². The summed E-state index contributed by atoms with van der Waals surface area (Å²) < 4.78 is 77.8. The Balaban J connectivity index is 2.42. The Hall–Kier alpha value is -2.29. The standard InChI is InChI=1S/C12H8F4N2O2S/c13-7-2-1-6(5-9(7)17)21(19,20)18-10-4-3-8(14)11(15)12(10)16/h1-5,18H,17H2. The average Bonchev–Trinajstić information content (AvgIpc) is 2.42. The van der Waals surface area contributed by atoms with Gasteiger partial charge in [-0.05, 0) is 30.3 Å². The van der Waals surface area contributed by atoms with Gasteiger partial charge in [0.15, 0.2) is 17.5 Å². The first-order valence-corrected chi connectivity index (χ1v) is 6.92. The highest BCUT2D eigenvalue weighted by atomic mass is 32.2. The van der Waals surface area contributed by atoms with Crippen molar-refractivity contribution in [1.82, 2.24) is 0 Å². The van der Waals surface area contributed by atoms with Crippen molar-refractivity contribution >= 4 is 21.4 Å². The Morgan fingerprint density at radius 1 is 0.905 bits per heavy atom. The predicted octanol–water partition coefficient (Wildman–Crippen LogP) is 2.63. The van der Waals surface area contributed by atoms with Gasteiger partial charge in [0.05, 0.1) is 16.3 Å². The van der Waals surface area contributed by atoms with Crippen molar-refractivity contribution in [3.8, 4) is 0 Å². The lowest BCUT2D eigenvalue weighted by Gasteiger charge is -2.10. The van der Waals surface area contributed by atoms with Gasteiger partial charge in [-0.25, -0.2) is 26.0 Å². The zero-order valence-electron chi connectivity index (χ0n) is 10.2. The number of rotatable bonds is 3. The minimum atomic E-state index is -4.33. The minimum absolute atomic E-state index is 0.427. The van der Waals surface area contributed by atoms with Crippen LogP contribution in [0.3, 0.4) is 0 Å². The van der Waals surface area contributed by atoms with Gasteiger partial charge in [-0.2, -0.15) is 0 Å². The largest absolute Gasteiger partial charge is 0.396 e. The second-order valence-corrected chi connectivity index (χ2v) is 5.69. The highest BCUT2D eigenvalue weighted by Gasteiger charge is 2.20. The Kier molecular flexibility index (Phi) is 3.77. The van der Waals surface area contributed by atoms with E-state index in [9.17, 15) is 26.0 Å². The number of hydrogen-bond donors (Lipinski definition) is 2. The molecular formula is C12H8F4N2O2S. The van der Waals surface area contributed by atoms with Crippen LogP contribution in [0.4, 0.5) is 28.9 Å². The second-order valence-electron chi connectivity index (χ2n) is 4.01. The van der Waals surface area contributed by atoms with Crippen molar-refractivity contribution in [2.45, 2.75) is 4.90 Å². The normalized spacial score (nSPS) is 11.4. The van der Waals surface area contributed by atoms with Crippen molar-refractivity contribution in [1.29, 1.82) is 0 Å². The first kappa shape index (κ1) is 15.1. The number of nitrogens with two attached hydrogens (primary N) is 1. The van der Waals surface area contributed by atoms with Crippen molar-refractivity contribution in [3.05, 3.63) is 53.6 Å². The molecule has 0 atom stereocenters. The zero-order chi connectivity index (χ0) is 15.8. The monoisotopic (exact) mass is 320 g/mol. The van der Waals surface area contributed by atoms with E-state index in [0.717, 1.165) is 24.3 Å². The quantitative estimate of drug-likeness (QED) is 0.519. The lowest BCUT2D eigenvalue weighted by atomic mass is 10.3. The summed E-state index contributed by atoms with van der Waals surface area (Å²) in [4.78, 5) is -0.453. The van der Waals surface area contributed by atoms with Gasteiger partial charge >= 0.3 is 0 Å². The second kappa shape index (κ2) is 5.24. The third-order valence-electron chi connectivity index (χ3n) is 2.56. The van der Waals surface area contributed by atoms with Crippen LogP contribution in [0.25, 0.3) is 0 Å². The van der Waals surface area contributed by atoms with Gasteiger partial charge in [0, 0.05) is 0 Å². The van der Waals surface area contributed by atoms with E-state index in [4.69, 9.17) is 5.73 Å². The van der Waals surface area contributed by atoms with E-state index in [0.29, 0.717) is 6.07 Å². The molecule has 0 aliphatic carbocycles. The molecule has 0 radical (unpaired) electrons. The fourth-order valence-corrected chi connectivity index (χ4v) is 2.59. The molecule has 0 spiro atoms. The lowest BCUT2D eigenvalue weighted by Crippen LogP contribution is -2.15.